The summed E-state index contributed by atoms with van der Waals surface area (Å²) >= 11 is 0. The molecule has 0 bridgehead atoms. The van der Waals surface area contributed by atoms with Crippen LogP contribution in [0.25, 0.3) is 12.2 Å². The van der Waals surface area contributed by atoms with Gasteiger partial charge in [0.15, 0.2) is 6.61 Å². The third-order valence-corrected chi connectivity index (χ3v) is 5.05. The van der Waals surface area contributed by atoms with Crippen LogP contribution in [0.5, 0.6) is 5.75 Å². The van der Waals surface area contributed by atoms with Crippen LogP contribution in [0.2, 0.25) is 0 Å². The molecule has 0 aliphatic carbocycles. The summed E-state index contributed by atoms with van der Waals surface area (Å²) in [5, 5.41) is 9.45. The Morgan fingerprint density at radius 3 is 2.50 bits per heavy atom. The van der Waals surface area contributed by atoms with Gasteiger partial charge in [-0.1, -0.05) is 30.3 Å². The Morgan fingerprint density at radius 1 is 1.09 bits per heavy atom. The van der Waals surface area contributed by atoms with E-state index in [9.17, 15) is 14.4 Å². The van der Waals surface area contributed by atoms with Crippen molar-refractivity contribution < 1.29 is 18.3 Å². The molecule has 1 aliphatic heterocycles. The minimum absolute atomic E-state index is 0.0197. The monoisotopic (exact) mass is 432 g/mol. The van der Waals surface area contributed by atoms with Gasteiger partial charge < -0.3 is 19.0 Å². The first-order chi connectivity index (χ1) is 15.6. The third-order valence-electron chi connectivity index (χ3n) is 5.05. The Bertz CT molecular complexity index is 1130. The van der Waals surface area contributed by atoms with Gasteiger partial charge in [0.25, 0.3) is 5.91 Å². The highest BCUT2D eigenvalue weighted by molar-refractivity contribution is 5.78. The topological polar surface area (TPSA) is 82.6 Å². The number of halogens is 1. The zero-order valence-electron chi connectivity index (χ0n) is 17.3. The van der Waals surface area contributed by atoms with Gasteiger partial charge in [0, 0.05) is 32.3 Å². The minimum Gasteiger partial charge on any atom is -0.484 e. The van der Waals surface area contributed by atoms with Crippen LogP contribution in [0.4, 0.5) is 10.3 Å². The lowest BCUT2D eigenvalue weighted by Crippen LogP contribution is -2.50. The zero-order chi connectivity index (χ0) is 22.3. The molecule has 2 aromatic carbocycles. The fourth-order valence-electron chi connectivity index (χ4n) is 3.34. The molecule has 1 amide bonds. The molecule has 0 radical (unpaired) electrons. The van der Waals surface area contributed by atoms with E-state index in [1.165, 1.54) is 12.1 Å². The molecule has 0 spiro atoms. The number of carbonyl (C=O) groups is 1. The quantitative estimate of drug-likeness (QED) is 0.592. The van der Waals surface area contributed by atoms with Gasteiger partial charge in [-0.25, -0.2) is 4.39 Å². The van der Waals surface area contributed by atoms with Crippen LogP contribution in [0.15, 0.2) is 59.0 Å². The molecule has 0 atom stereocenters. The fraction of sp³-hybridized carbons (Fsp3) is 0.208. The van der Waals surface area contributed by atoms with Gasteiger partial charge in [-0.05, 0) is 35.9 Å². The van der Waals surface area contributed by atoms with Crippen molar-refractivity contribution in [1.29, 1.82) is 5.26 Å². The Morgan fingerprint density at radius 2 is 1.81 bits per heavy atom. The van der Waals surface area contributed by atoms with Crippen LogP contribution >= 0.6 is 0 Å². The highest BCUT2D eigenvalue weighted by Crippen LogP contribution is 2.24. The number of carbonyl (C=O) groups excluding carboxylic acids is 1. The standard InChI is InChI=1S/C24H21FN4O3/c25-19-9-6-18(7-10-19)8-11-22-27-21(16-26)24(32-22)29-14-12-28(13-15-29)23(30)17-31-20-4-2-1-3-5-20/h1-11H,12-15,17H2/b11-8+. The van der Waals surface area contributed by atoms with Crippen LogP contribution in [-0.4, -0.2) is 48.6 Å². The number of oxazole rings is 1. The molecule has 0 saturated carbocycles. The van der Waals surface area contributed by atoms with E-state index in [0.717, 1.165) is 5.56 Å². The molecule has 32 heavy (non-hydrogen) atoms. The van der Waals surface area contributed by atoms with Crippen molar-refractivity contribution >= 4 is 23.9 Å². The Balaban J connectivity index is 1.35. The van der Waals surface area contributed by atoms with Gasteiger partial charge in [0.05, 0.1) is 0 Å². The number of amides is 1. The summed E-state index contributed by atoms with van der Waals surface area (Å²) in [4.78, 5) is 20.3. The van der Waals surface area contributed by atoms with Crippen molar-refractivity contribution in [3.8, 4) is 11.8 Å². The van der Waals surface area contributed by atoms with Crippen molar-refractivity contribution in [3.05, 3.63) is 77.6 Å². The first kappa shape index (κ1) is 21.1. The van der Waals surface area contributed by atoms with E-state index in [0.29, 0.717) is 37.8 Å². The predicted octanol–water partition coefficient (Wildman–Crippen LogP) is 3.58. The molecule has 2 heterocycles. The lowest BCUT2D eigenvalue weighted by molar-refractivity contribution is -0.133. The largest absolute Gasteiger partial charge is 0.484 e. The first-order valence-corrected chi connectivity index (χ1v) is 10.2. The molecule has 7 nitrogen and oxygen atoms in total. The molecule has 1 saturated heterocycles. The number of nitriles is 1. The molecular weight excluding hydrogens is 411 g/mol. The van der Waals surface area contributed by atoms with Gasteiger partial charge in [0.2, 0.25) is 17.5 Å². The van der Waals surface area contributed by atoms with Crippen molar-refractivity contribution in [2.24, 2.45) is 0 Å². The van der Waals surface area contributed by atoms with Crippen LogP contribution in [-0.2, 0) is 4.79 Å². The summed E-state index contributed by atoms with van der Waals surface area (Å²) in [6.07, 6.45) is 3.37. The number of aromatic nitrogens is 1. The molecule has 0 unspecified atom stereocenters. The summed E-state index contributed by atoms with van der Waals surface area (Å²) < 4.78 is 24.4. The molecule has 0 N–H and O–H groups in total. The number of ether oxygens (including phenoxy) is 1. The van der Waals surface area contributed by atoms with E-state index < -0.39 is 0 Å². The maximum Gasteiger partial charge on any atom is 0.260 e. The van der Waals surface area contributed by atoms with Gasteiger partial charge in [0.1, 0.15) is 17.6 Å². The van der Waals surface area contributed by atoms with Crippen LogP contribution < -0.4 is 9.64 Å². The van der Waals surface area contributed by atoms with Crippen molar-refractivity contribution in [3.63, 3.8) is 0 Å². The number of benzene rings is 2. The first-order valence-electron chi connectivity index (χ1n) is 10.2. The van der Waals surface area contributed by atoms with Crippen LogP contribution in [0, 0.1) is 17.1 Å². The Hall–Kier alpha value is -4.12. The highest BCUT2D eigenvalue weighted by Gasteiger charge is 2.26. The van der Waals surface area contributed by atoms with Crippen LogP contribution in [0.1, 0.15) is 17.1 Å². The lowest BCUT2D eigenvalue weighted by atomic mass is 10.2. The SMILES string of the molecule is N#Cc1nc(/C=C/c2ccc(F)cc2)oc1N1CCN(C(=O)COc2ccccc2)CC1. The molecule has 8 heteroatoms. The molecule has 4 rings (SSSR count). The number of rotatable bonds is 6. The van der Waals surface area contributed by atoms with Gasteiger partial charge in [-0.3, -0.25) is 4.79 Å². The second-order valence-electron chi connectivity index (χ2n) is 7.17. The Kier molecular flexibility index (Phi) is 6.46. The van der Waals surface area contributed by atoms with Crippen molar-refractivity contribution in [2.45, 2.75) is 0 Å². The lowest BCUT2D eigenvalue weighted by Gasteiger charge is -2.34. The maximum absolute atomic E-state index is 13.0. The molecule has 3 aromatic rings. The molecule has 162 valence electrons. The van der Waals surface area contributed by atoms with Crippen molar-refractivity contribution in [1.82, 2.24) is 9.88 Å². The minimum atomic E-state index is -0.309. The van der Waals surface area contributed by atoms with Gasteiger partial charge in [-0.2, -0.15) is 10.2 Å². The summed E-state index contributed by atoms with van der Waals surface area (Å²) in [5.74, 6) is 0.932. The third kappa shape index (κ3) is 5.13. The Labute approximate surface area is 185 Å². The van der Waals surface area contributed by atoms with E-state index in [2.05, 4.69) is 11.1 Å². The fourth-order valence-corrected chi connectivity index (χ4v) is 3.34. The number of hydrogen-bond donors (Lipinski definition) is 0. The van der Waals surface area contributed by atoms with E-state index >= 15 is 0 Å². The predicted molar refractivity (Wildman–Crippen MR) is 117 cm³/mol. The van der Waals surface area contributed by atoms with E-state index in [-0.39, 0.29) is 29.9 Å². The molecule has 1 aliphatic rings. The second-order valence-corrected chi connectivity index (χ2v) is 7.17. The molecular formula is C24H21FN4O3. The highest BCUT2D eigenvalue weighted by atomic mass is 19.1. The summed E-state index contributed by atoms with van der Waals surface area (Å²) in [6, 6.07) is 17.3. The second kappa shape index (κ2) is 9.79. The maximum atomic E-state index is 13.0. The van der Waals surface area contributed by atoms with Gasteiger partial charge in [-0.15, -0.1) is 0 Å². The van der Waals surface area contributed by atoms with E-state index in [1.807, 2.05) is 23.1 Å². The average molecular weight is 432 g/mol. The van der Waals surface area contributed by atoms with Crippen LogP contribution in [0.3, 0.4) is 0 Å². The smallest absolute Gasteiger partial charge is 0.260 e. The number of anilines is 1. The van der Waals surface area contributed by atoms with E-state index in [1.54, 1.807) is 41.3 Å². The van der Waals surface area contributed by atoms with E-state index in [4.69, 9.17) is 9.15 Å². The summed E-state index contributed by atoms with van der Waals surface area (Å²) in [7, 11) is 0. The normalized spacial score (nSPS) is 13.9. The average Bonchev–Trinajstić information content (AvgIpc) is 3.26. The van der Waals surface area contributed by atoms with Gasteiger partial charge >= 0.3 is 0 Å². The summed E-state index contributed by atoms with van der Waals surface area (Å²) in [5.41, 5.74) is 0.977. The number of hydrogen-bond acceptors (Lipinski definition) is 6. The summed E-state index contributed by atoms with van der Waals surface area (Å²) in [6.45, 7) is 1.99. The zero-order valence-corrected chi connectivity index (χ0v) is 17.3. The number of nitrogens with zero attached hydrogens (tertiary/aromatic N) is 4. The number of piperazine rings is 1. The van der Waals surface area contributed by atoms with Crippen molar-refractivity contribution in [2.75, 3.05) is 37.7 Å². The molecule has 1 aromatic heterocycles. The number of para-hydroxylation sites is 1. The molecule has 1 fully saturated rings.